The van der Waals surface area contributed by atoms with Crippen molar-refractivity contribution in [1.29, 1.82) is 0 Å². The number of nitrogens with zero attached hydrogens (tertiary/aromatic N) is 1. The molecule has 0 aromatic heterocycles. The lowest BCUT2D eigenvalue weighted by Crippen LogP contribution is -2.46. The van der Waals surface area contributed by atoms with Crippen LogP contribution in [0.4, 0.5) is 0 Å². The Bertz CT molecular complexity index is 467. The molecule has 3 rings (SSSR count). The third-order valence-electron chi connectivity index (χ3n) is 5.13. The molecule has 1 N–H and O–H groups in total. The first-order valence-corrected chi connectivity index (χ1v) is 8.30. The molecule has 1 aromatic carbocycles. The van der Waals surface area contributed by atoms with Crippen molar-refractivity contribution < 1.29 is 4.79 Å². The number of nitrogens with one attached hydrogen (secondary N) is 1. The average Bonchev–Trinajstić information content (AvgIpc) is 2.55. The van der Waals surface area contributed by atoms with Crippen LogP contribution >= 0.6 is 0 Å². The van der Waals surface area contributed by atoms with Crippen LogP contribution in [-0.4, -0.2) is 37.0 Å². The molecule has 3 nitrogen and oxygen atoms in total. The normalized spacial score (nSPS) is 27.6. The average molecular weight is 286 g/mol. The first kappa shape index (κ1) is 14.6. The molecular weight excluding hydrogens is 260 g/mol. The summed E-state index contributed by atoms with van der Waals surface area (Å²) in [7, 11) is 0. The van der Waals surface area contributed by atoms with E-state index in [0.717, 1.165) is 45.4 Å². The second-order valence-electron chi connectivity index (χ2n) is 6.59. The zero-order valence-electron chi connectivity index (χ0n) is 12.9. The lowest BCUT2D eigenvalue weighted by molar-refractivity contribution is -0.138. The Morgan fingerprint density at radius 2 is 1.86 bits per heavy atom. The summed E-state index contributed by atoms with van der Waals surface area (Å²) in [4.78, 5) is 14.8. The Balaban J connectivity index is 1.61. The van der Waals surface area contributed by atoms with Crippen molar-refractivity contribution in [1.82, 2.24) is 10.2 Å². The number of carbonyl (C=O) groups is 1. The van der Waals surface area contributed by atoms with E-state index in [1.165, 1.54) is 5.56 Å². The first-order chi connectivity index (χ1) is 10.3. The Morgan fingerprint density at radius 3 is 2.52 bits per heavy atom. The molecule has 0 radical (unpaired) electrons. The summed E-state index contributed by atoms with van der Waals surface area (Å²) in [5.74, 6) is 1.80. The number of rotatable bonds is 2. The van der Waals surface area contributed by atoms with E-state index in [-0.39, 0.29) is 5.92 Å². The predicted molar refractivity (Wildman–Crippen MR) is 85.1 cm³/mol. The van der Waals surface area contributed by atoms with Crippen molar-refractivity contribution in [2.24, 2.45) is 11.8 Å². The van der Waals surface area contributed by atoms with Crippen LogP contribution in [0.25, 0.3) is 0 Å². The highest BCUT2D eigenvalue weighted by Gasteiger charge is 2.32. The fourth-order valence-corrected chi connectivity index (χ4v) is 3.87. The molecular formula is C18H26N2O. The molecule has 0 bridgehead atoms. The topological polar surface area (TPSA) is 32.3 Å². The monoisotopic (exact) mass is 286 g/mol. The maximum absolute atomic E-state index is 12.6. The standard InChI is InChI=1S/C18H26N2O/c1-14-13-20(18(21)16-7-10-19-11-8-16)12-9-17(14)15-5-3-2-4-6-15/h2-6,14,16-17,19H,7-13H2,1H3. The third-order valence-corrected chi connectivity index (χ3v) is 5.13. The van der Waals surface area contributed by atoms with Gasteiger partial charge in [0.15, 0.2) is 0 Å². The number of carbonyl (C=O) groups excluding carboxylic acids is 1. The van der Waals surface area contributed by atoms with Crippen LogP contribution in [0.1, 0.15) is 37.7 Å². The molecule has 3 heteroatoms. The van der Waals surface area contributed by atoms with E-state index in [0.29, 0.717) is 17.7 Å². The smallest absolute Gasteiger partial charge is 0.225 e. The van der Waals surface area contributed by atoms with E-state index in [1.54, 1.807) is 0 Å². The van der Waals surface area contributed by atoms with Gasteiger partial charge >= 0.3 is 0 Å². The van der Waals surface area contributed by atoms with E-state index in [4.69, 9.17) is 0 Å². The van der Waals surface area contributed by atoms with Crippen molar-refractivity contribution in [2.75, 3.05) is 26.2 Å². The zero-order chi connectivity index (χ0) is 14.7. The summed E-state index contributed by atoms with van der Waals surface area (Å²) >= 11 is 0. The first-order valence-electron chi connectivity index (χ1n) is 8.30. The Kier molecular flexibility index (Phi) is 4.59. The van der Waals surface area contributed by atoms with Gasteiger partial charge in [-0.1, -0.05) is 37.3 Å². The van der Waals surface area contributed by atoms with Crippen LogP contribution in [0, 0.1) is 11.8 Å². The van der Waals surface area contributed by atoms with Crippen molar-refractivity contribution in [3.63, 3.8) is 0 Å². The molecule has 114 valence electrons. The van der Waals surface area contributed by atoms with Crippen LogP contribution < -0.4 is 5.32 Å². The maximum atomic E-state index is 12.6. The molecule has 2 unspecified atom stereocenters. The number of hydrogen-bond acceptors (Lipinski definition) is 2. The highest BCUT2D eigenvalue weighted by Crippen LogP contribution is 2.33. The number of likely N-dealkylation sites (tertiary alicyclic amines) is 1. The summed E-state index contributed by atoms with van der Waals surface area (Å²) in [5.41, 5.74) is 1.43. The van der Waals surface area contributed by atoms with Gasteiger partial charge < -0.3 is 10.2 Å². The molecule has 1 amide bonds. The molecule has 2 aliphatic heterocycles. The van der Waals surface area contributed by atoms with Gasteiger partial charge in [0, 0.05) is 19.0 Å². The Morgan fingerprint density at radius 1 is 1.14 bits per heavy atom. The molecule has 2 heterocycles. The quantitative estimate of drug-likeness (QED) is 0.906. The summed E-state index contributed by atoms with van der Waals surface area (Å²) < 4.78 is 0. The SMILES string of the molecule is CC1CN(C(=O)C2CCNCC2)CCC1c1ccccc1. The minimum atomic E-state index is 0.256. The van der Waals surface area contributed by atoms with Crippen LogP contribution in [-0.2, 0) is 4.79 Å². The summed E-state index contributed by atoms with van der Waals surface area (Å²) in [6.45, 7) is 6.12. The molecule has 0 spiro atoms. The van der Waals surface area contributed by atoms with Gasteiger partial charge in [0.05, 0.1) is 0 Å². The molecule has 2 atom stereocenters. The highest BCUT2D eigenvalue weighted by molar-refractivity contribution is 5.79. The largest absolute Gasteiger partial charge is 0.342 e. The van der Waals surface area contributed by atoms with Crippen LogP contribution in [0.15, 0.2) is 30.3 Å². The molecule has 0 saturated carbocycles. The minimum absolute atomic E-state index is 0.256. The van der Waals surface area contributed by atoms with Crippen LogP contribution in [0.2, 0.25) is 0 Å². The summed E-state index contributed by atoms with van der Waals surface area (Å²) in [5, 5.41) is 3.34. The van der Waals surface area contributed by atoms with Gasteiger partial charge in [0.1, 0.15) is 0 Å². The lowest BCUT2D eigenvalue weighted by atomic mass is 9.81. The van der Waals surface area contributed by atoms with Gasteiger partial charge in [-0.25, -0.2) is 0 Å². The van der Waals surface area contributed by atoms with E-state index in [2.05, 4.69) is 47.5 Å². The number of piperidine rings is 2. The molecule has 2 fully saturated rings. The van der Waals surface area contributed by atoms with E-state index >= 15 is 0 Å². The fraction of sp³-hybridized carbons (Fsp3) is 0.611. The Hall–Kier alpha value is -1.35. The van der Waals surface area contributed by atoms with Crippen molar-refractivity contribution in [2.45, 2.75) is 32.1 Å². The van der Waals surface area contributed by atoms with Gasteiger partial charge in [-0.3, -0.25) is 4.79 Å². The van der Waals surface area contributed by atoms with Gasteiger partial charge in [-0.05, 0) is 49.8 Å². The fourth-order valence-electron chi connectivity index (χ4n) is 3.87. The molecule has 2 saturated heterocycles. The number of benzene rings is 1. The zero-order valence-corrected chi connectivity index (χ0v) is 12.9. The minimum Gasteiger partial charge on any atom is -0.342 e. The van der Waals surface area contributed by atoms with E-state index < -0.39 is 0 Å². The van der Waals surface area contributed by atoms with Crippen molar-refractivity contribution in [3.05, 3.63) is 35.9 Å². The summed E-state index contributed by atoms with van der Waals surface area (Å²) in [6, 6.07) is 10.8. The molecule has 1 aromatic rings. The van der Waals surface area contributed by atoms with Crippen LogP contribution in [0.5, 0.6) is 0 Å². The molecule has 0 aliphatic carbocycles. The molecule has 2 aliphatic rings. The van der Waals surface area contributed by atoms with Gasteiger partial charge in [0.25, 0.3) is 0 Å². The van der Waals surface area contributed by atoms with Gasteiger partial charge in [-0.2, -0.15) is 0 Å². The highest BCUT2D eigenvalue weighted by atomic mass is 16.2. The Labute approximate surface area is 127 Å². The molecule has 21 heavy (non-hydrogen) atoms. The number of amides is 1. The van der Waals surface area contributed by atoms with E-state index in [1.807, 2.05) is 0 Å². The second-order valence-corrected chi connectivity index (χ2v) is 6.59. The van der Waals surface area contributed by atoms with Gasteiger partial charge in [0.2, 0.25) is 5.91 Å². The third kappa shape index (κ3) is 3.29. The van der Waals surface area contributed by atoms with E-state index in [9.17, 15) is 4.79 Å². The maximum Gasteiger partial charge on any atom is 0.225 e. The number of hydrogen-bond donors (Lipinski definition) is 1. The van der Waals surface area contributed by atoms with Crippen molar-refractivity contribution in [3.8, 4) is 0 Å². The van der Waals surface area contributed by atoms with Gasteiger partial charge in [-0.15, -0.1) is 0 Å². The lowest BCUT2D eigenvalue weighted by Gasteiger charge is -2.39. The van der Waals surface area contributed by atoms with Crippen molar-refractivity contribution >= 4 is 5.91 Å². The summed E-state index contributed by atoms with van der Waals surface area (Å²) in [6.07, 6.45) is 3.11. The second kappa shape index (κ2) is 6.61. The van der Waals surface area contributed by atoms with Crippen LogP contribution in [0.3, 0.4) is 0 Å². The predicted octanol–water partition coefficient (Wildman–Crippen LogP) is 2.64.